The molecule has 0 aliphatic heterocycles. The lowest BCUT2D eigenvalue weighted by Gasteiger charge is -2.01. The van der Waals surface area contributed by atoms with E-state index in [0.717, 1.165) is 16.5 Å². The highest BCUT2D eigenvalue weighted by atomic mass is 16.1. The van der Waals surface area contributed by atoms with Gasteiger partial charge in [0.1, 0.15) is 0 Å². The van der Waals surface area contributed by atoms with E-state index < -0.39 is 0 Å². The molecule has 0 saturated heterocycles. The lowest BCUT2D eigenvalue weighted by molar-refractivity contribution is 1.41. The minimum absolute atomic E-state index is 0.0439. The number of benzene rings is 2. The van der Waals surface area contributed by atoms with Gasteiger partial charge in [0.05, 0.1) is 5.52 Å². The summed E-state index contributed by atoms with van der Waals surface area (Å²) < 4.78 is 0. The van der Waals surface area contributed by atoms with Crippen LogP contribution in [0.5, 0.6) is 0 Å². The van der Waals surface area contributed by atoms with E-state index in [1.807, 2.05) is 54.6 Å². The van der Waals surface area contributed by atoms with Crippen LogP contribution in [0.3, 0.4) is 0 Å². The van der Waals surface area contributed by atoms with Crippen molar-refractivity contribution in [3.8, 4) is 11.1 Å². The third kappa shape index (κ3) is 2.23. The molecule has 0 spiro atoms. The largest absolute Gasteiger partial charge is 0.398 e. The van der Waals surface area contributed by atoms with Gasteiger partial charge in [0.15, 0.2) is 5.43 Å². The van der Waals surface area contributed by atoms with Crippen molar-refractivity contribution < 1.29 is 0 Å². The smallest absolute Gasteiger partial charge is 0.195 e. The lowest BCUT2D eigenvalue weighted by Crippen LogP contribution is -2.00. The molecule has 0 fully saturated rings. The Morgan fingerprint density at radius 1 is 0.739 bits per heavy atom. The highest BCUT2D eigenvalue weighted by Crippen LogP contribution is 2.23. The number of hydrogen-bond acceptors (Lipinski definition) is 3. The summed E-state index contributed by atoms with van der Waals surface area (Å²) in [5.41, 5.74) is 9.20. The van der Waals surface area contributed by atoms with Gasteiger partial charge < -0.3 is 5.73 Å². The minimum Gasteiger partial charge on any atom is -0.398 e. The van der Waals surface area contributed by atoms with E-state index in [1.165, 1.54) is 0 Å². The Labute approximate surface area is 133 Å². The van der Waals surface area contributed by atoms with E-state index in [-0.39, 0.29) is 5.43 Å². The van der Waals surface area contributed by atoms with Gasteiger partial charge in [-0.05, 0) is 23.8 Å². The van der Waals surface area contributed by atoms with E-state index >= 15 is 0 Å². The van der Waals surface area contributed by atoms with E-state index in [4.69, 9.17) is 5.73 Å². The molecule has 0 saturated carbocycles. The molecule has 0 amide bonds. The summed E-state index contributed by atoms with van der Waals surface area (Å²) >= 11 is 0. The van der Waals surface area contributed by atoms with Crippen molar-refractivity contribution in [1.82, 2.24) is 4.98 Å². The third-order valence-electron chi connectivity index (χ3n) is 4.06. The fourth-order valence-corrected chi connectivity index (χ4v) is 2.85. The van der Waals surface area contributed by atoms with Crippen LogP contribution in [-0.2, 0) is 0 Å². The second kappa shape index (κ2) is 5.21. The molecule has 110 valence electrons. The molecule has 2 N–H and O–H groups in total. The molecule has 3 nitrogen and oxygen atoms in total. The van der Waals surface area contributed by atoms with Gasteiger partial charge in [0, 0.05) is 33.6 Å². The number of hydrogen-bond donors (Lipinski definition) is 1. The first-order valence-corrected chi connectivity index (χ1v) is 7.41. The van der Waals surface area contributed by atoms with Crippen LogP contribution in [0, 0.1) is 0 Å². The molecule has 4 rings (SSSR count). The van der Waals surface area contributed by atoms with Crippen LogP contribution in [0.4, 0.5) is 5.69 Å². The monoisotopic (exact) mass is 298 g/mol. The van der Waals surface area contributed by atoms with Crippen LogP contribution in [0.2, 0.25) is 0 Å². The Morgan fingerprint density at radius 2 is 1.57 bits per heavy atom. The van der Waals surface area contributed by atoms with Gasteiger partial charge in [-0.3, -0.25) is 9.78 Å². The molecule has 3 aromatic carbocycles. The average Bonchev–Trinajstić information content (AvgIpc) is 2.74. The SMILES string of the molecule is Nc1cccc2c(=O)c3cc(-c4ccccc4)cnc3ccc12. The van der Waals surface area contributed by atoms with Gasteiger partial charge in [-0.15, -0.1) is 0 Å². The number of nitrogens with zero attached hydrogens (tertiary/aromatic N) is 1. The van der Waals surface area contributed by atoms with Crippen molar-refractivity contribution in [1.29, 1.82) is 0 Å². The van der Waals surface area contributed by atoms with Crippen LogP contribution >= 0.6 is 0 Å². The number of aromatic nitrogens is 1. The maximum Gasteiger partial charge on any atom is 0.195 e. The Kier molecular flexibility index (Phi) is 3.05. The molecule has 0 aliphatic rings. The van der Waals surface area contributed by atoms with Gasteiger partial charge in [-0.25, -0.2) is 0 Å². The minimum atomic E-state index is -0.0439. The summed E-state index contributed by atoms with van der Waals surface area (Å²) in [6, 6.07) is 21.0. The normalized spacial score (nSPS) is 11.0. The van der Waals surface area contributed by atoms with Crippen molar-refractivity contribution in [2.75, 3.05) is 5.73 Å². The second-order valence-electron chi connectivity index (χ2n) is 5.49. The Bertz CT molecular complexity index is 1090. The molecule has 0 aliphatic carbocycles. The lowest BCUT2D eigenvalue weighted by atomic mass is 10.1. The van der Waals surface area contributed by atoms with E-state index in [0.29, 0.717) is 22.0 Å². The molecule has 1 aromatic heterocycles. The predicted octanol–water partition coefficient (Wildman–Crippen LogP) is 4.00. The molecule has 0 radical (unpaired) electrons. The van der Waals surface area contributed by atoms with Crippen molar-refractivity contribution in [3.05, 3.63) is 83.2 Å². The summed E-state index contributed by atoms with van der Waals surface area (Å²) in [4.78, 5) is 17.4. The second-order valence-corrected chi connectivity index (χ2v) is 5.49. The first-order chi connectivity index (χ1) is 11.2. The molecule has 1 heterocycles. The van der Waals surface area contributed by atoms with Crippen LogP contribution in [-0.4, -0.2) is 4.98 Å². The van der Waals surface area contributed by atoms with Crippen molar-refractivity contribution in [2.45, 2.75) is 0 Å². The van der Waals surface area contributed by atoms with Crippen LogP contribution < -0.4 is 11.2 Å². The number of nitrogens with two attached hydrogens (primary N) is 1. The van der Waals surface area contributed by atoms with E-state index in [2.05, 4.69) is 4.98 Å². The molecular weight excluding hydrogens is 284 g/mol. The molecule has 0 atom stereocenters. The summed E-state index contributed by atoms with van der Waals surface area (Å²) in [5, 5.41) is 1.98. The zero-order chi connectivity index (χ0) is 15.8. The van der Waals surface area contributed by atoms with Gasteiger partial charge in [-0.2, -0.15) is 0 Å². The first-order valence-electron chi connectivity index (χ1n) is 7.41. The summed E-state index contributed by atoms with van der Waals surface area (Å²) in [7, 11) is 0. The summed E-state index contributed by atoms with van der Waals surface area (Å²) in [6.07, 6.45) is 1.80. The fourth-order valence-electron chi connectivity index (χ4n) is 2.85. The number of fused-ring (bicyclic) bond motifs is 2. The number of pyridine rings is 1. The maximum absolute atomic E-state index is 12.9. The number of rotatable bonds is 1. The van der Waals surface area contributed by atoms with Gasteiger partial charge >= 0.3 is 0 Å². The molecule has 0 bridgehead atoms. The third-order valence-corrected chi connectivity index (χ3v) is 4.06. The quantitative estimate of drug-likeness (QED) is 0.540. The van der Waals surface area contributed by atoms with Crippen molar-refractivity contribution in [2.24, 2.45) is 0 Å². The average molecular weight is 298 g/mol. The maximum atomic E-state index is 12.9. The molecular formula is C20H14N2O. The number of nitrogen functional groups attached to an aromatic ring is 1. The Morgan fingerprint density at radius 3 is 2.39 bits per heavy atom. The first kappa shape index (κ1) is 13.5. The van der Waals surface area contributed by atoms with Crippen LogP contribution in [0.1, 0.15) is 0 Å². The standard InChI is InChI=1S/C20H14N2O/c21-18-8-4-7-16-15(18)9-10-19-17(20(16)23)11-14(12-22-19)13-5-2-1-3-6-13/h1-12H,21H2. The Balaban J connectivity index is 2.11. The predicted molar refractivity (Wildman–Crippen MR) is 95.4 cm³/mol. The molecule has 3 heteroatoms. The fraction of sp³-hybridized carbons (Fsp3) is 0. The van der Waals surface area contributed by atoms with E-state index in [9.17, 15) is 4.79 Å². The topological polar surface area (TPSA) is 56.0 Å². The zero-order valence-corrected chi connectivity index (χ0v) is 12.4. The highest BCUT2D eigenvalue weighted by molar-refractivity contribution is 5.98. The number of anilines is 1. The van der Waals surface area contributed by atoms with E-state index in [1.54, 1.807) is 18.3 Å². The van der Waals surface area contributed by atoms with Crippen LogP contribution in [0.25, 0.3) is 32.8 Å². The highest BCUT2D eigenvalue weighted by Gasteiger charge is 2.07. The summed E-state index contributed by atoms with van der Waals surface area (Å²) in [5.74, 6) is 0. The molecule has 4 aromatic rings. The summed E-state index contributed by atoms with van der Waals surface area (Å²) in [6.45, 7) is 0. The van der Waals surface area contributed by atoms with Gasteiger partial charge in [0.2, 0.25) is 0 Å². The Hall–Kier alpha value is -3.20. The van der Waals surface area contributed by atoms with Gasteiger partial charge in [-0.1, -0.05) is 48.5 Å². The van der Waals surface area contributed by atoms with Crippen LogP contribution in [0.15, 0.2) is 77.7 Å². The van der Waals surface area contributed by atoms with Crippen molar-refractivity contribution in [3.63, 3.8) is 0 Å². The van der Waals surface area contributed by atoms with Gasteiger partial charge in [0.25, 0.3) is 0 Å². The molecule has 23 heavy (non-hydrogen) atoms. The zero-order valence-electron chi connectivity index (χ0n) is 12.4. The van der Waals surface area contributed by atoms with Crippen molar-refractivity contribution >= 4 is 27.4 Å². The molecule has 0 unspecified atom stereocenters.